The number of ether oxygens (including phenoxy) is 2. The summed E-state index contributed by atoms with van der Waals surface area (Å²) in [5.41, 5.74) is 0. The number of phosphoric acid groups is 1. The molecule has 0 radical (unpaired) electrons. The molecule has 0 rings (SSSR count). The van der Waals surface area contributed by atoms with Crippen LogP contribution in [0.4, 0.5) is 0 Å². The van der Waals surface area contributed by atoms with E-state index in [4.69, 9.17) is 19.3 Å². The van der Waals surface area contributed by atoms with Gasteiger partial charge in [0, 0.05) is 12.8 Å². The fourth-order valence-corrected chi connectivity index (χ4v) is 4.93. The molecule has 0 bridgehead atoms. The number of hydrogen-bond acceptors (Lipinski definition) is 6. The standard InChI is InChI=1S/C39H65O8P/c1-3-5-7-9-11-13-15-16-17-18-19-20-21-22-24-25-27-29-31-33-38(40)45-35-37(36-46-48(42,43)44)47-39(41)34-32-30-28-26-23-14-12-10-8-6-4-2/h5,7,11,13,16-17,19-20,22,24,27,29,37H,3-4,6,8-10,12,14-15,18,21,23,25-26,28,30-36H2,1-2H3,(H2,42,43,44)/b7-5+,13-11+,17-16+,20-19+,24-22+,29-27+/t37-/m1/s1. The first-order valence-electron chi connectivity index (χ1n) is 18.2. The first-order chi connectivity index (χ1) is 23.3. The predicted octanol–water partition coefficient (Wildman–Crippen LogP) is 10.7. The summed E-state index contributed by atoms with van der Waals surface area (Å²) in [4.78, 5) is 42.6. The van der Waals surface area contributed by atoms with Crippen molar-refractivity contribution in [1.82, 2.24) is 0 Å². The van der Waals surface area contributed by atoms with Gasteiger partial charge < -0.3 is 19.3 Å². The third-order valence-corrected chi connectivity index (χ3v) is 7.74. The van der Waals surface area contributed by atoms with Crippen molar-refractivity contribution >= 4 is 19.8 Å². The van der Waals surface area contributed by atoms with Crippen LogP contribution in [0, 0.1) is 0 Å². The van der Waals surface area contributed by atoms with Gasteiger partial charge in [-0.2, -0.15) is 0 Å². The summed E-state index contributed by atoms with van der Waals surface area (Å²) in [6.45, 7) is 3.47. The average molecular weight is 693 g/mol. The molecule has 0 unspecified atom stereocenters. The van der Waals surface area contributed by atoms with E-state index < -0.39 is 32.5 Å². The lowest BCUT2D eigenvalue weighted by molar-refractivity contribution is -0.161. The third-order valence-electron chi connectivity index (χ3n) is 7.25. The molecular weight excluding hydrogens is 627 g/mol. The minimum atomic E-state index is -4.76. The van der Waals surface area contributed by atoms with Crippen LogP contribution in [0.3, 0.4) is 0 Å². The van der Waals surface area contributed by atoms with E-state index in [-0.39, 0.29) is 19.4 Å². The summed E-state index contributed by atoms with van der Waals surface area (Å²) in [7, 11) is -4.76. The summed E-state index contributed by atoms with van der Waals surface area (Å²) >= 11 is 0. The number of carbonyl (C=O) groups excluding carboxylic acids is 2. The summed E-state index contributed by atoms with van der Waals surface area (Å²) < 4.78 is 26.2. The molecule has 0 aliphatic carbocycles. The number of allylic oxidation sites excluding steroid dienone is 12. The second-order valence-corrected chi connectivity index (χ2v) is 13.1. The number of esters is 2. The highest BCUT2D eigenvalue weighted by molar-refractivity contribution is 7.46. The minimum absolute atomic E-state index is 0.140. The van der Waals surface area contributed by atoms with Gasteiger partial charge in [-0.05, 0) is 51.4 Å². The van der Waals surface area contributed by atoms with E-state index in [1.54, 1.807) is 0 Å². The van der Waals surface area contributed by atoms with Gasteiger partial charge in [0.2, 0.25) is 0 Å². The second kappa shape index (κ2) is 34.4. The largest absolute Gasteiger partial charge is 0.469 e. The van der Waals surface area contributed by atoms with Crippen molar-refractivity contribution in [2.75, 3.05) is 13.2 Å². The maximum atomic E-state index is 12.3. The molecule has 0 heterocycles. The van der Waals surface area contributed by atoms with Crippen molar-refractivity contribution in [2.45, 2.75) is 148 Å². The minimum Gasteiger partial charge on any atom is -0.462 e. The quantitative estimate of drug-likeness (QED) is 0.0309. The molecule has 0 spiro atoms. The van der Waals surface area contributed by atoms with Crippen LogP contribution in [0.25, 0.3) is 0 Å². The molecule has 0 aliphatic rings. The lowest BCUT2D eigenvalue weighted by Crippen LogP contribution is -2.29. The Morgan fingerprint density at radius 2 is 1.00 bits per heavy atom. The van der Waals surface area contributed by atoms with Crippen molar-refractivity contribution in [3.05, 3.63) is 72.9 Å². The summed E-state index contributed by atoms with van der Waals surface area (Å²) in [5.74, 6) is -0.989. The van der Waals surface area contributed by atoms with E-state index in [2.05, 4.69) is 79.1 Å². The number of carbonyl (C=O) groups is 2. The van der Waals surface area contributed by atoms with Gasteiger partial charge in [-0.25, -0.2) is 4.57 Å². The fraction of sp³-hybridized carbons (Fsp3) is 0.641. The Balaban J connectivity index is 4.12. The van der Waals surface area contributed by atoms with Gasteiger partial charge in [0.25, 0.3) is 0 Å². The topological polar surface area (TPSA) is 119 Å². The molecule has 0 aliphatic heterocycles. The highest BCUT2D eigenvalue weighted by atomic mass is 31.2. The Morgan fingerprint density at radius 1 is 0.562 bits per heavy atom. The Hall–Kier alpha value is -2.51. The lowest BCUT2D eigenvalue weighted by Gasteiger charge is -2.18. The maximum Gasteiger partial charge on any atom is 0.469 e. The first kappa shape index (κ1) is 45.5. The van der Waals surface area contributed by atoms with Crippen molar-refractivity contribution in [2.24, 2.45) is 0 Å². The molecule has 9 heteroatoms. The number of unbranched alkanes of at least 4 members (excludes halogenated alkanes) is 10. The lowest BCUT2D eigenvalue weighted by atomic mass is 10.1. The van der Waals surface area contributed by atoms with Gasteiger partial charge in [-0.15, -0.1) is 0 Å². The molecule has 0 aromatic rings. The van der Waals surface area contributed by atoms with Crippen LogP contribution in [0.1, 0.15) is 142 Å². The van der Waals surface area contributed by atoms with Crippen LogP contribution in [0.2, 0.25) is 0 Å². The zero-order chi connectivity index (χ0) is 35.4. The van der Waals surface area contributed by atoms with E-state index in [0.29, 0.717) is 12.8 Å². The molecule has 0 fully saturated rings. The molecule has 2 N–H and O–H groups in total. The van der Waals surface area contributed by atoms with Crippen molar-refractivity contribution in [1.29, 1.82) is 0 Å². The number of phosphoric ester groups is 1. The molecule has 0 aromatic carbocycles. The van der Waals surface area contributed by atoms with Gasteiger partial charge in [-0.3, -0.25) is 14.1 Å². The molecule has 48 heavy (non-hydrogen) atoms. The molecular formula is C39H65O8P. The normalized spacial score (nSPS) is 13.3. The fourth-order valence-electron chi connectivity index (χ4n) is 4.57. The number of rotatable bonds is 32. The first-order valence-corrected chi connectivity index (χ1v) is 19.8. The van der Waals surface area contributed by atoms with Crippen LogP contribution < -0.4 is 0 Å². The van der Waals surface area contributed by atoms with E-state index >= 15 is 0 Å². The van der Waals surface area contributed by atoms with Gasteiger partial charge in [0.15, 0.2) is 6.10 Å². The van der Waals surface area contributed by atoms with Crippen LogP contribution in [-0.4, -0.2) is 41.0 Å². The van der Waals surface area contributed by atoms with Crippen LogP contribution >= 0.6 is 7.82 Å². The van der Waals surface area contributed by atoms with Gasteiger partial charge in [0.1, 0.15) is 6.61 Å². The van der Waals surface area contributed by atoms with Gasteiger partial charge >= 0.3 is 19.8 Å². The number of hydrogen-bond donors (Lipinski definition) is 2. The molecule has 0 aromatic heterocycles. The van der Waals surface area contributed by atoms with E-state index in [9.17, 15) is 14.2 Å². The third kappa shape index (κ3) is 36.3. The molecule has 0 saturated heterocycles. The van der Waals surface area contributed by atoms with Crippen LogP contribution in [0.15, 0.2) is 72.9 Å². The molecule has 1 atom stereocenters. The average Bonchev–Trinajstić information content (AvgIpc) is 3.05. The zero-order valence-corrected chi connectivity index (χ0v) is 30.7. The molecule has 274 valence electrons. The highest BCUT2D eigenvalue weighted by Crippen LogP contribution is 2.35. The van der Waals surface area contributed by atoms with E-state index in [1.807, 2.05) is 12.2 Å². The Morgan fingerprint density at radius 3 is 1.46 bits per heavy atom. The smallest absolute Gasteiger partial charge is 0.462 e. The van der Waals surface area contributed by atoms with E-state index in [0.717, 1.165) is 57.8 Å². The monoisotopic (exact) mass is 692 g/mol. The Bertz CT molecular complexity index is 1010. The van der Waals surface area contributed by atoms with Gasteiger partial charge in [0.05, 0.1) is 6.61 Å². The summed E-state index contributed by atoms with van der Waals surface area (Å²) in [6.07, 6.45) is 43.5. The summed E-state index contributed by atoms with van der Waals surface area (Å²) in [6, 6.07) is 0. The van der Waals surface area contributed by atoms with Crippen molar-refractivity contribution < 1.29 is 37.9 Å². The van der Waals surface area contributed by atoms with Gasteiger partial charge in [-0.1, -0.05) is 151 Å². The summed E-state index contributed by atoms with van der Waals surface area (Å²) in [5, 5.41) is 0. The Labute approximate surface area is 291 Å². The maximum absolute atomic E-state index is 12.3. The molecule has 0 amide bonds. The zero-order valence-electron chi connectivity index (χ0n) is 29.9. The highest BCUT2D eigenvalue weighted by Gasteiger charge is 2.22. The van der Waals surface area contributed by atoms with Crippen molar-refractivity contribution in [3.63, 3.8) is 0 Å². The Kier molecular flexibility index (Phi) is 32.6. The van der Waals surface area contributed by atoms with E-state index in [1.165, 1.54) is 44.9 Å². The molecule has 8 nitrogen and oxygen atoms in total. The van der Waals surface area contributed by atoms with Crippen LogP contribution in [-0.2, 0) is 28.2 Å². The molecule has 0 saturated carbocycles. The van der Waals surface area contributed by atoms with Crippen molar-refractivity contribution in [3.8, 4) is 0 Å². The second-order valence-electron chi connectivity index (χ2n) is 11.8. The SMILES string of the molecule is CC/C=C/C/C=C/C/C=C/C/C=C/C/C=C/C/C=C/CCC(=O)OC[C@H](COP(=O)(O)O)OC(=O)CCCCCCCCCCCCC. The van der Waals surface area contributed by atoms with Crippen LogP contribution in [0.5, 0.6) is 0 Å². The predicted molar refractivity (Wildman–Crippen MR) is 197 cm³/mol.